The van der Waals surface area contributed by atoms with Crippen molar-refractivity contribution in [1.82, 2.24) is 25.2 Å². The molecule has 0 unspecified atom stereocenters. The monoisotopic (exact) mass is 525 g/mol. The molecule has 200 valence electrons. The van der Waals surface area contributed by atoms with E-state index in [1.807, 2.05) is 42.5 Å². The van der Waals surface area contributed by atoms with E-state index in [2.05, 4.69) is 43.5 Å². The summed E-state index contributed by atoms with van der Waals surface area (Å²) in [6.07, 6.45) is 7.67. The van der Waals surface area contributed by atoms with E-state index >= 15 is 0 Å². The SMILES string of the molecule is COc1cccc(CN(CCc2c[nH]c3ccccc23)Cc2nc(C(=O)NCc3ccncc3)co2)c1OC. The van der Waals surface area contributed by atoms with Gasteiger partial charge in [-0.3, -0.25) is 14.7 Å². The van der Waals surface area contributed by atoms with Gasteiger partial charge in [-0.05, 0) is 41.8 Å². The van der Waals surface area contributed by atoms with Crippen LogP contribution in [-0.4, -0.2) is 46.5 Å². The van der Waals surface area contributed by atoms with Crippen LogP contribution in [0.3, 0.4) is 0 Å². The lowest BCUT2D eigenvalue weighted by atomic mass is 10.1. The first kappa shape index (κ1) is 26.0. The molecule has 9 heteroatoms. The van der Waals surface area contributed by atoms with Crippen LogP contribution in [0.4, 0.5) is 0 Å². The molecule has 0 fully saturated rings. The van der Waals surface area contributed by atoms with Crippen LogP contribution in [0, 0.1) is 0 Å². The maximum absolute atomic E-state index is 12.7. The van der Waals surface area contributed by atoms with Crippen LogP contribution in [0.2, 0.25) is 0 Å². The zero-order chi connectivity index (χ0) is 27.0. The molecule has 0 saturated heterocycles. The number of nitrogens with one attached hydrogen (secondary N) is 2. The molecular formula is C30H31N5O4. The summed E-state index contributed by atoms with van der Waals surface area (Å²) in [5.74, 6) is 1.54. The molecule has 3 aromatic heterocycles. The van der Waals surface area contributed by atoms with Gasteiger partial charge in [0.05, 0.1) is 20.8 Å². The van der Waals surface area contributed by atoms with Crippen LogP contribution >= 0.6 is 0 Å². The van der Waals surface area contributed by atoms with Crippen molar-refractivity contribution >= 4 is 16.8 Å². The summed E-state index contributed by atoms with van der Waals surface area (Å²) in [5, 5.41) is 4.08. The average molecular weight is 526 g/mol. The van der Waals surface area contributed by atoms with E-state index in [-0.39, 0.29) is 11.6 Å². The average Bonchev–Trinajstić information content (AvgIpc) is 3.62. The number of carbonyl (C=O) groups is 1. The third kappa shape index (κ3) is 6.27. The van der Waals surface area contributed by atoms with Crippen molar-refractivity contribution in [3.05, 3.63) is 108 Å². The zero-order valence-electron chi connectivity index (χ0n) is 22.0. The summed E-state index contributed by atoms with van der Waals surface area (Å²) in [5.41, 5.74) is 4.53. The molecule has 1 amide bonds. The highest BCUT2D eigenvalue weighted by molar-refractivity contribution is 5.91. The van der Waals surface area contributed by atoms with Gasteiger partial charge in [0.15, 0.2) is 17.2 Å². The molecular weight excluding hydrogens is 494 g/mol. The number of benzene rings is 2. The Morgan fingerprint density at radius 3 is 2.67 bits per heavy atom. The molecule has 2 aromatic carbocycles. The van der Waals surface area contributed by atoms with E-state index in [4.69, 9.17) is 13.9 Å². The number of hydrogen-bond acceptors (Lipinski definition) is 7. The van der Waals surface area contributed by atoms with Crippen LogP contribution in [0.1, 0.15) is 33.1 Å². The molecule has 2 N–H and O–H groups in total. The minimum Gasteiger partial charge on any atom is -0.493 e. The molecule has 0 aliphatic carbocycles. The summed E-state index contributed by atoms with van der Waals surface area (Å²) in [7, 11) is 3.27. The molecule has 0 bridgehead atoms. The van der Waals surface area contributed by atoms with Crippen LogP contribution in [0.5, 0.6) is 11.5 Å². The summed E-state index contributed by atoms with van der Waals surface area (Å²) in [4.78, 5) is 26.7. The third-order valence-corrected chi connectivity index (χ3v) is 6.60. The Kier molecular flexibility index (Phi) is 8.18. The molecule has 0 saturated carbocycles. The van der Waals surface area contributed by atoms with Crippen molar-refractivity contribution in [1.29, 1.82) is 0 Å². The van der Waals surface area contributed by atoms with Crippen molar-refractivity contribution in [3.63, 3.8) is 0 Å². The van der Waals surface area contributed by atoms with Crippen LogP contribution in [-0.2, 0) is 26.1 Å². The van der Waals surface area contributed by atoms with Gasteiger partial charge in [-0.1, -0.05) is 30.3 Å². The molecule has 3 heterocycles. The summed E-state index contributed by atoms with van der Waals surface area (Å²) in [6.45, 7) is 2.11. The number of aromatic nitrogens is 3. The first-order valence-corrected chi connectivity index (χ1v) is 12.7. The first-order chi connectivity index (χ1) is 19.1. The van der Waals surface area contributed by atoms with Crippen LogP contribution < -0.4 is 14.8 Å². The quantitative estimate of drug-likeness (QED) is 0.242. The van der Waals surface area contributed by atoms with Gasteiger partial charge in [-0.15, -0.1) is 0 Å². The Morgan fingerprint density at radius 2 is 1.85 bits per heavy atom. The van der Waals surface area contributed by atoms with E-state index in [1.165, 1.54) is 17.2 Å². The Bertz CT molecular complexity index is 1530. The van der Waals surface area contributed by atoms with Crippen molar-refractivity contribution in [2.45, 2.75) is 26.1 Å². The van der Waals surface area contributed by atoms with Gasteiger partial charge < -0.3 is 24.2 Å². The number of rotatable bonds is 12. The summed E-state index contributed by atoms with van der Waals surface area (Å²) < 4.78 is 16.9. The standard InChI is InChI=1S/C30H31N5O4/c1-37-27-9-5-6-23(29(27)38-2)18-35(15-12-22-17-32-25-8-4-3-7-24(22)25)19-28-34-26(20-39-28)30(36)33-16-21-10-13-31-14-11-21/h3-11,13-14,17,20,32H,12,15-16,18-19H2,1-2H3,(H,33,36). The second-order valence-electron chi connectivity index (χ2n) is 9.14. The Labute approximate surface area is 226 Å². The molecule has 0 spiro atoms. The topological polar surface area (TPSA) is 106 Å². The van der Waals surface area contributed by atoms with Crippen molar-refractivity contribution in [3.8, 4) is 11.5 Å². The fourth-order valence-electron chi connectivity index (χ4n) is 4.60. The highest BCUT2D eigenvalue weighted by atomic mass is 16.5. The predicted molar refractivity (Wildman–Crippen MR) is 148 cm³/mol. The molecule has 9 nitrogen and oxygen atoms in total. The maximum Gasteiger partial charge on any atom is 0.273 e. The molecule has 0 aliphatic rings. The lowest BCUT2D eigenvalue weighted by Crippen LogP contribution is -2.26. The third-order valence-electron chi connectivity index (χ3n) is 6.60. The van der Waals surface area contributed by atoms with E-state index < -0.39 is 0 Å². The fraction of sp³-hybridized carbons (Fsp3) is 0.233. The highest BCUT2D eigenvalue weighted by Crippen LogP contribution is 2.32. The van der Waals surface area contributed by atoms with Gasteiger partial charge in [0.1, 0.15) is 6.26 Å². The number of ether oxygens (including phenoxy) is 2. The van der Waals surface area contributed by atoms with Gasteiger partial charge in [-0.2, -0.15) is 0 Å². The highest BCUT2D eigenvalue weighted by Gasteiger charge is 2.18. The van der Waals surface area contributed by atoms with Gasteiger partial charge in [-0.25, -0.2) is 4.98 Å². The number of pyridine rings is 1. The number of H-pyrrole nitrogens is 1. The van der Waals surface area contributed by atoms with E-state index in [9.17, 15) is 4.79 Å². The molecule has 5 rings (SSSR count). The Morgan fingerprint density at radius 1 is 1.00 bits per heavy atom. The number of nitrogens with zero attached hydrogens (tertiary/aromatic N) is 3. The normalized spacial score (nSPS) is 11.2. The second-order valence-corrected chi connectivity index (χ2v) is 9.14. The van der Waals surface area contributed by atoms with Gasteiger partial charge in [0, 0.05) is 54.7 Å². The zero-order valence-corrected chi connectivity index (χ0v) is 22.0. The van der Waals surface area contributed by atoms with Crippen molar-refractivity contribution in [2.24, 2.45) is 0 Å². The summed E-state index contributed by atoms with van der Waals surface area (Å²) in [6, 6.07) is 17.8. The molecule has 5 aromatic rings. The summed E-state index contributed by atoms with van der Waals surface area (Å²) >= 11 is 0. The number of hydrogen-bond donors (Lipinski definition) is 2. The van der Waals surface area contributed by atoms with Gasteiger partial charge >= 0.3 is 0 Å². The van der Waals surface area contributed by atoms with Crippen LogP contribution in [0.25, 0.3) is 10.9 Å². The fourth-order valence-corrected chi connectivity index (χ4v) is 4.60. The largest absolute Gasteiger partial charge is 0.493 e. The number of fused-ring (bicyclic) bond motifs is 1. The first-order valence-electron chi connectivity index (χ1n) is 12.7. The number of methoxy groups -OCH3 is 2. The molecule has 0 radical (unpaired) electrons. The van der Waals surface area contributed by atoms with E-state index in [0.717, 1.165) is 29.6 Å². The van der Waals surface area contributed by atoms with Crippen molar-refractivity contribution in [2.75, 3.05) is 20.8 Å². The van der Waals surface area contributed by atoms with E-state index in [0.29, 0.717) is 37.0 Å². The minimum absolute atomic E-state index is 0.245. The second kappa shape index (κ2) is 12.3. The molecule has 39 heavy (non-hydrogen) atoms. The maximum atomic E-state index is 12.7. The van der Waals surface area contributed by atoms with Crippen molar-refractivity contribution < 1.29 is 18.7 Å². The number of para-hydroxylation sites is 2. The van der Waals surface area contributed by atoms with Crippen LogP contribution in [0.15, 0.2) is 83.9 Å². The number of oxazole rings is 1. The van der Waals surface area contributed by atoms with Gasteiger partial charge in [0.2, 0.25) is 5.89 Å². The van der Waals surface area contributed by atoms with E-state index in [1.54, 1.807) is 26.6 Å². The minimum atomic E-state index is -0.290. The molecule has 0 atom stereocenters. The van der Waals surface area contributed by atoms with Gasteiger partial charge in [0.25, 0.3) is 5.91 Å². The Balaban J connectivity index is 1.32. The number of carbonyl (C=O) groups excluding carboxylic acids is 1. The Hall–Kier alpha value is -4.63. The lowest BCUT2D eigenvalue weighted by Gasteiger charge is -2.22. The lowest BCUT2D eigenvalue weighted by molar-refractivity contribution is 0.0945. The smallest absolute Gasteiger partial charge is 0.273 e. The predicted octanol–water partition coefficient (Wildman–Crippen LogP) is 4.74. The molecule has 0 aliphatic heterocycles. The number of aromatic amines is 1. The number of amides is 1.